The predicted molar refractivity (Wildman–Crippen MR) is 137 cm³/mol. The van der Waals surface area contributed by atoms with Crippen LogP contribution in [0.5, 0.6) is 0 Å². The van der Waals surface area contributed by atoms with E-state index in [0.717, 1.165) is 22.8 Å². The van der Waals surface area contributed by atoms with Crippen LogP contribution in [0, 0.1) is 0 Å². The molecule has 6 rings (SSSR count). The van der Waals surface area contributed by atoms with Crippen molar-refractivity contribution in [1.82, 2.24) is 15.0 Å². The fourth-order valence-electron chi connectivity index (χ4n) is 4.63. The molecule has 0 fully saturated rings. The van der Waals surface area contributed by atoms with E-state index in [2.05, 4.69) is 92.7 Å². The van der Waals surface area contributed by atoms with E-state index in [1.54, 1.807) is 0 Å². The smallest absolute Gasteiger partial charge is 0.164 e. The lowest BCUT2D eigenvalue weighted by Gasteiger charge is -2.15. The number of aromatic nitrogens is 3. The van der Waals surface area contributed by atoms with Crippen LogP contribution in [0.15, 0.2) is 97.1 Å². The normalized spacial score (nSPS) is 11.6. The van der Waals surface area contributed by atoms with E-state index < -0.39 is 0 Å². The summed E-state index contributed by atoms with van der Waals surface area (Å²) in [6.07, 6.45) is 0. The van der Waals surface area contributed by atoms with Gasteiger partial charge in [0.25, 0.3) is 0 Å². The molecule has 1 heterocycles. The minimum atomic E-state index is 0.196. The molecule has 6 aromatic rings. The Hall–Kier alpha value is -4.11. The van der Waals surface area contributed by atoms with Crippen LogP contribution in [-0.4, -0.2) is 15.0 Å². The number of benzene rings is 5. The van der Waals surface area contributed by atoms with Crippen molar-refractivity contribution in [1.29, 1.82) is 0 Å². The number of hydrogen-bond donors (Lipinski definition) is 0. The lowest BCUT2D eigenvalue weighted by molar-refractivity contribution is 0.766. The second kappa shape index (κ2) is 7.79. The Bertz CT molecular complexity index is 1590. The number of rotatable bonds is 3. The summed E-state index contributed by atoms with van der Waals surface area (Å²) in [6.45, 7) is 4.25. The maximum absolute atomic E-state index is 4.97. The van der Waals surface area contributed by atoms with Crippen LogP contribution in [-0.2, 0) is 0 Å². The molecule has 0 N–H and O–H groups in total. The third-order valence-corrected chi connectivity index (χ3v) is 6.21. The number of fused-ring (bicyclic) bond motifs is 6. The first kappa shape index (κ1) is 19.6. The van der Waals surface area contributed by atoms with Gasteiger partial charge in [0.05, 0.1) is 0 Å². The lowest BCUT2D eigenvalue weighted by atomic mass is 9.91. The average molecular weight is 426 g/mol. The molecule has 0 unspecified atom stereocenters. The Kier molecular flexibility index (Phi) is 4.62. The van der Waals surface area contributed by atoms with Crippen molar-refractivity contribution in [2.24, 2.45) is 0 Å². The van der Waals surface area contributed by atoms with Crippen molar-refractivity contribution in [3.05, 3.63) is 103 Å². The monoisotopic (exact) mass is 425 g/mol. The summed E-state index contributed by atoms with van der Waals surface area (Å²) >= 11 is 0. The molecule has 3 heteroatoms. The van der Waals surface area contributed by atoms with Crippen LogP contribution in [0.3, 0.4) is 0 Å². The highest BCUT2D eigenvalue weighted by Gasteiger charge is 2.17. The second-order valence-corrected chi connectivity index (χ2v) is 8.68. The molecule has 158 valence electrons. The summed E-state index contributed by atoms with van der Waals surface area (Å²) in [5, 5.41) is 7.38. The Labute approximate surface area is 192 Å². The van der Waals surface area contributed by atoms with Crippen molar-refractivity contribution in [3.8, 4) is 22.8 Å². The van der Waals surface area contributed by atoms with Gasteiger partial charge in [-0.15, -0.1) is 0 Å². The van der Waals surface area contributed by atoms with Gasteiger partial charge in [0.1, 0.15) is 5.82 Å². The number of hydrogen-bond acceptors (Lipinski definition) is 3. The first-order chi connectivity index (χ1) is 16.2. The Balaban J connectivity index is 1.74. The molecule has 0 spiro atoms. The predicted octanol–water partition coefficient (Wildman–Crippen LogP) is 7.79. The minimum Gasteiger partial charge on any atom is -0.213 e. The standard InChI is InChI=1S/C30H23N3/c1-19(2)28-31-29(20-11-4-3-5-12-20)33-30(32-28)26-18-10-17-25-23-14-7-6-13-21(23)22-15-8-9-16-24(22)27(25)26/h3-19H,1-2H3. The molecular weight excluding hydrogens is 402 g/mol. The van der Waals surface area contributed by atoms with Crippen LogP contribution in [0.25, 0.3) is 55.1 Å². The Morgan fingerprint density at radius 3 is 1.64 bits per heavy atom. The van der Waals surface area contributed by atoms with Gasteiger partial charge < -0.3 is 0 Å². The van der Waals surface area contributed by atoms with Gasteiger partial charge in [-0.1, -0.05) is 111 Å². The summed E-state index contributed by atoms with van der Waals surface area (Å²) in [4.78, 5) is 14.7. The highest BCUT2D eigenvalue weighted by Crippen LogP contribution is 2.39. The Morgan fingerprint density at radius 2 is 1.00 bits per heavy atom. The van der Waals surface area contributed by atoms with Crippen LogP contribution in [0.1, 0.15) is 25.6 Å². The summed E-state index contributed by atoms with van der Waals surface area (Å²) < 4.78 is 0. The van der Waals surface area contributed by atoms with E-state index in [4.69, 9.17) is 15.0 Å². The first-order valence-electron chi connectivity index (χ1n) is 11.3. The third-order valence-electron chi connectivity index (χ3n) is 6.21. The molecule has 5 aromatic carbocycles. The van der Waals surface area contributed by atoms with Crippen molar-refractivity contribution >= 4 is 32.3 Å². The van der Waals surface area contributed by atoms with E-state index >= 15 is 0 Å². The van der Waals surface area contributed by atoms with E-state index in [-0.39, 0.29) is 5.92 Å². The summed E-state index contributed by atoms with van der Waals surface area (Å²) in [5.41, 5.74) is 2.04. The molecule has 0 saturated carbocycles. The van der Waals surface area contributed by atoms with Gasteiger partial charge in [0.15, 0.2) is 11.6 Å². The quantitative estimate of drug-likeness (QED) is 0.272. The molecule has 0 aliphatic carbocycles. The fraction of sp³-hybridized carbons (Fsp3) is 0.100. The molecule has 0 aliphatic rings. The van der Waals surface area contributed by atoms with Gasteiger partial charge in [0, 0.05) is 22.4 Å². The molecular formula is C30H23N3. The van der Waals surface area contributed by atoms with Gasteiger partial charge in [-0.05, 0) is 26.9 Å². The highest BCUT2D eigenvalue weighted by molar-refractivity contribution is 6.28. The van der Waals surface area contributed by atoms with Crippen LogP contribution < -0.4 is 0 Å². The van der Waals surface area contributed by atoms with E-state index in [9.17, 15) is 0 Å². The topological polar surface area (TPSA) is 38.7 Å². The summed E-state index contributed by atoms with van der Waals surface area (Å²) in [5.74, 6) is 2.44. The van der Waals surface area contributed by atoms with Crippen LogP contribution >= 0.6 is 0 Å². The number of nitrogens with zero attached hydrogens (tertiary/aromatic N) is 3. The molecule has 0 saturated heterocycles. The maximum Gasteiger partial charge on any atom is 0.164 e. The Morgan fingerprint density at radius 1 is 0.485 bits per heavy atom. The molecule has 3 nitrogen and oxygen atoms in total. The van der Waals surface area contributed by atoms with Crippen molar-refractivity contribution in [2.45, 2.75) is 19.8 Å². The van der Waals surface area contributed by atoms with Gasteiger partial charge in [-0.2, -0.15) is 0 Å². The molecule has 0 amide bonds. The van der Waals surface area contributed by atoms with Gasteiger partial charge in [0.2, 0.25) is 0 Å². The molecule has 0 radical (unpaired) electrons. The second-order valence-electron chi connectivity index (χ2n) is 8.68. The average Bonchev–Trinajstić information content (AvgIpc) is 2.88. The molecule has 0 atom stereocenters. The van der Waals surface area contributed by atoms with Crippen LogP contribution in [0.4, 0.5) is 0 Å². The fourth-order valence-corrected chi connectivity index (χ4v) is 4.63. The van der Waals surface area contributed by atoms with Crippen molar-refractivity contribution in [2.75, 3.05) is 0 Å². The first-order valence-corrected chi connectivity index (χ1v) is 11.3. The zero-order chi connectivity index (χ0) is 22.4. The highest BCUT2D eigenvalue weighted by atomic mass is 15.0. The molecule has 33 heavy (non-hydrogen) atoms. The lowest BCUT2D eigenvalue weighted by Crippen LogP contribution is -2.04. The zero-order valence-corrected chi connectivity index (χ0v) is 18.7. The van der Waals surface area contributed by atoms with Gasteiger partial charge in [-0.25, -0.2) is 15.0 Å². The SMILES string of the molecule is CC(C)c1nc(-c2ccccc2)nc(-c2cccc3c4ccccc4c4ccccc4c23)n1. The third kappa shape index (κ3) is 3.25. The van der Waals surface area contributed by atoms with Crippen molar-refractivity contribution < 1.29 is 0 Å². The van der Waals surface area contributed by atoms with Crippen molar-refractivity contribution in [3.63, 3.8) is 0 Å². The van der Waals surface area contributed by atoms with E-state index in [1.165, 1.54) is 32.3 Å². The molecule has 0 bridgehead atoms. The largest absolute Gasteiger partial charge is 0.213 e. The van der Waals surface area contributed by atoms with Gasteiger partial charge >= 0.3 is 0 Å². The summed E-state index contributed by atoms with van der Waals surface area (Å²) in [7, 11) is 0. The zero-order valence-electron chi connectivity index (χ0n) is 18.7. The molecule has 0 aliphatic heterocycles. The van der Waals surface area contributed by atoms with E-state index in [1.807, 2.05) is 18.2 Å². The van der Waals surface area contributed by atoms with Gasteiger partial charge in [-0.3, -0.25) is 0 Å². The summed E-state index contributed by atoms with van der Waals surface area (Å²) in [6, 6.07) is 33.9. The maximum atomic E-state index is 4.97. The van der Waals surface area contributed by atoms with Crippen LogP contribution in [0.2, 0.25) is 0 Å². The molecule has 1 aromatic heterocycles. The minimum absolute atomic E-state index is 0.196. The van der Waals surface area contributed by atoms with E-state index in [0.29, 0.717) is 5.82 Å².